The second kappa shape index (κ2) is 5.60. The van der Waals surface area contributed by atoms with Crippen molar-refractivity contribution in [3.63, 3.8) is 0 Å². The monoisotopic (exact) mass is 264 g/mol. The average molecular weight is 265 g/mol. The number of likely N-dealkylation sites (tertiary alicyclic amines) is 1. The third-order valence-corrected chi connectivity index (χ3v) is 4.49. The highest BCUT2D eigenvalue weighted by atomic mass is 35.5. The number of nitrogens with one attached hydrogen (secondary N) is 1. The lowest BCUT2D eigenvalue weighted by Crippen LogP contribution is -2.43. The molecule has 2 atom stereocenters. The minimum absolute atomic E-state index is 0.715. The molecule has 0 saturated carbocycles. The molecule has 1 aromatic rings. The predicted molar refractivity (Wildman–Crippen MR) is 75.9 cm³/mol. The topological polar surface area (TPSA) is 15.3 Å². The largest absolute Gasteiger partial charge is 0.312 e. The lowest BCUT2D eigenvalue weighted by atomic mass is 10.0. The number of nitrogens with zero attached hydrogens (tertiary/aromatic N) is 1. The summed E-state index contributed by atoms with van der Waals surface area (Å²) in [6.45, 7) is 3.48. The van der Waals surface area contributed by atoms with Crippen LogP contribution in [0.5, 0.6) is 0 Å². The van der Waals surface area contributed by atoms with Crippen molar-refractivity contribution in [3.8, 4) is 0 Å². The van der Waals surface area contributed by atoms with Crippen LogP contribution in [0.3, 0.4) is 0 Å². The van der Waals surface area contributed by atoms with E-state index >= 15 is 0 Å². The molecule has 3 rings (SSSR count). The molecule has 98 valence electrons. The van der Waals surface area contributed by atoms with E-state index in [0.29, 0.717) is 6.04 Å². The molecule has 0 bridgehead atoms. The van der Waals surface area contributed by atoms with Crippen LogP contribution in [-0.4, -0.2) is 30.1 Å². The van der Waals surface area contributed by atoms with Crippen molar-refractivity contribution in [2.75, 3.05) is 13.1 Å². The molecule has 2 aliphatic heterocycles. The molecule has 0 aliphatic carbocycles. The van der Waals surface area contributed by atoms with Gasteiger partial charge in [-0.1, -0.05) is 23.7 Å². The van der Waals surface area contributed by atoms with Gasteiger partial charge in [0.1, 0.15) is 0 Å². The average Bonchev–Trinajstić information content (AvgIpc) is 2.98. The first-order chi connectivity index (χ1) is 8.83. The van der Waals surface area contributed by atoms with Crippen LogP contribution in [0.2, 0.25) is 5.02 Å². The summed E-state index contributed by atoms with van der Waals surface area (Å²) in [4.78, 5) is 2.63. The van der Waals surface area contributed by atoms with E-state index in [2.05, 4.69) is 28.4 Å². The molecule has 1 N–H and O–H groups in total. The summed E-state index contributed by atoms with van der Waals surface area (Å²) in [5.74, 6) is 0. The zero-order valence-electron chi connectivity index (χ0n) is 10.7. The number of halogens is 1. The van der Waals surface area contributed by atoms with Crippen LogP contribution in [-0.2, 0) is 6.54 Å². The van der Waals surface area contributed by atoms with E-state index in [1.807, 2.05) is 6.07 Å². The Morgan fingerprint density at radius 3 is 3.00 bits per heavy atom. The third-order valence-electron chi connectivity index (χ3n) is 4.25. The molecule has 3 heteroatoms. The smallest absolute Gasteiger partial charge is 0.0409 e. The van der Waals surface area contributed by atoms with Crippen LogP contribution >= 0.6 is 11.6 Å². The highest BCUT2D eigenvalue weighted by Crippen LogP contribution is 2.26. The van der Waals surface area contributed by atoms with Gasteiger partial charge in [-0.3, -0.25) is 4.90 Å². The fraction of sp³-hybridized carbons (Fsp3) is 0.600. The number of hydrogen-bond donors (Lipinski definition) is 1. The molecule has 2 unspecified atom stereocenters. The minimum atomic E-state index is 0.715. The molecule has 0 aromatic heterocycles. The van der Waals surface area contributed by atoms with Crippen molar-refractivity contribution < 1.29 is 0 Å². The van der Waals surface area contributed by atoms with E-state index in [9.17, 15) is 0 Å². The van der Waals surface area contributed by atoms with Gasteiger partial charge in [0.15, 0.2) is 0 Å². The van der Waals surface area contributed by atoms with Crippen LogP contribution in [0.4, 0.5) is 0 Å². The summed E-state index contributed by atoms with van der Waals surface area (Å²) >= 11 is 6.06. The maximum Gasteiger partial charge on any atom is 0.0409 e. The Morgan fingerprint density at radius 2 is 2.22 bits per heavy atom. The zero-order valence-corrected chi connectivity index (χ0v) is 11.5. The van der Waals surface area contributed by atoms with Crippen molar-refractivity contribution >= 4 is 11.6 Å². The first-order valence-corrected chi connectivity index (χ1v) is 7.42. The third kappa shape index (κ3) is 2.71. The van der Waals surface area contributed by atoms with Crippen LogP contribution in [0, 0.1) is 0 Å². The molecule has 1 aromatic carbocycles. The molecule has 0 amide bonds. The van der Waals surface area contributed by atoms with Gasteiger partial charge in [0.25, 0.3) is 0 Å². The Bertz CT molecular complexity index is 401. The fourth-order valence-corrected chi connectivity index (χ4v) is 3.63. The molecular formula is C15H21ClN2. The summed E-state index contributed by atoms with van der Waals surface area (Å²) in [5.41, 5.74) is 1.34. The molecule has 2 heterocycles. The van der Waals surface area contributed by atoms with Gasteiger partial charge >= 0.3 is 0 Å². The van der Waals surface area contributed by atoms with E-state index in [1.165, 1.54) is 44.3 Å². The summed E-state index contributed by atoms with van der Waals surface area (Å²) in [6.07, 6.45) is 5.37. The lowest BCUT2D eigenvalue weighted by molar-refractivity contribution is 0.206. The van der Waals surface area contributed by atoms with Crippen molar-refractivity contribution in [1.29, 1.82) is 0 Å². The van der Waals surface area contributed by atoms with E-state index in [1.54, 1.807) is 0 Å². The summed E-state index contributed by atoms with van der Waals surface area (Å²) < 4.78 is 0. The maximum atomic E-state index is 6.06. The second-order valence-electron chi connectivity index (χ2n) is 5.51. The molecular weight excluding hydrogens is 244 g/mol. The zero-order chi connectivity index (χ0) is 12.4. The first-order valence-electron chi connectivity index (χ1n) is 7.05. The number of benzene rings is 1. The van der Waals surface area contributed by atoms with Gasteiger partial charge in [0, 0.05) is 23.7 Å². The van der Waals surface area contributed by atoms with Gasteiger partial charge in [-0.15, -0.1) is 0 Å². The quantitative estimate of drug-likeness (QED) is 0.903. The van der Waals surface area contributed by atoms with Gasteiger partial charge in [-0.25, -0.2) is 0 Å². The SMILES string of the molecule is Clc1cccc(CN2CCCC2C2CCCN2)c1. The van der Waals surface area contributed by atoms with Crippen LogP contribution < -0.4 is 5.32 Å². The van der Waals surface area contributed by atoms with Gasteiger partial charge < -0.3 is 5.32 Å². The minimum Gasteiger partial charge on any atom is -0.312 e. The van der Waals surface area contributed by atoms with Crippen LogP contribution in [0.25, 0.3) is 0 Å². The normalized spacial score (nSPS) is 28.9. The van der Waals surface area contributed by atoms with Crippen molar-refractivity contribution in [2.24, 2.45) is 0 Å². The lowest BCUT2D eigenvalue weighted by Gasteiger charge is -2.29. The molecule has 2 nitrogen and oxygen atoms in total. The highest BCUT2D eigenvalue weighted by Gasteiger charge is 2.32. The standard InChI is InChI=1S/C15H21ClN2/c16-13-5-1-4-12(10-13)11-18-9-3-7-15(18)14-6-2-8-17-14/h1,4-5,10,14-15,17H,2-3,6-9,11H2. The molecule has 2 aliphatic rings. The van der Waals surface area contributed by atoms with Crippen molar-refractivity contribution in [1.82, 2.24) is 10.2 Å². The van der Waals surface area contributed by atoms with E-state index in [-0.39, 0.29) is 0 Å². The molecule has 2 saturated heterocycles. The number of rotatable bonds is 3. The van der Waals surface area contributed by atoms with Gasteiger partial charge in [0.05, 0.1) is 0 Å². The Hall–Kier alpha value is -0.570. The van der Waals surface area contributed by atoms with E-state index in [4.69, 9.17) is 11.6 Å². The highest BCUT2D eigenvalue weighted by molar-refractivity contribution is 6.30. The number of hydrogen-bond acceptors (Lipinski definition) is 2. The summed E-state index contributed by atoms with van der Waals surface area (Å²) in [7, 11) is 0. The molecule has 2 fully saturated rings. The van der Waals surface area contributed by atoms with Gasteiger partial charge in [0.2, 0.25) is 0 Å². The maximum absolute atomic E-state index is 6.06. The second-order valence-corrected chi connectivity index (χ2v) is 5.95. The van der Waals surface area contributed by atoms with Crippen molar-refractivity contribution in [2.45, 2.75) is 44.3 Å². The van der Waals surface area contributed by atoms with Gasteiger partial charge in [-0.05, 0) is 56.5 Å². The van der Waals surface area contributed by atoms with Gasteiger partial charge in [-0.2, -0.15) is 0 Å². The Balaban J connectivity index is 1.67. The van der Waals surface area contributed by atoms with E-state index < -0.39 is 0 Å². The Kier molecular flexibility index (Phi) is 3.88. The van der Waals surface area contributed by atoms with Crippen LogP contribution in [0.1, 0.15) is 31.2 Å². The molecule has 0 spiro atoms. The van der Waals surface area contributed by atoms with Crippen molar-refractivity contribution in [3.05, 3.63) is 34.9 Å². The Labute approximate surface area is 114 Å². The fourth-order valence-electron chi connectivity index (χ4n) is 3.41. The van der Waals surface area contributed by atoms with E-state index in [0.717, 1.165) is 17.6 Å². The Morgan fingerprint density at radius 1 is 1.28 bits per heavy atom. The predicted octanol–water partition coefficient (Wildman–Crippen LogP) is 3.06. The summed E-state index contributed by atoms with van der Waals surface area (Å²) in [6, 6.07) is 9.72. The summed E-state index contributed by atoms with van der Waals surface area (Å²) in [5, 5.41) is 4.51. The first kappa shape index (κ1) is 12.5. The molecule has 0 radical (unpaired) electrons. The molecule has 18 heavy (non-hydrogen) atoms. The van der Waals surface area contributed by atoms with Crippen LogP contribution in [0.15, 0.2) is 24.3 Å².